The maximum absolute atomic E-state index is 11.6. The Balaban J connectivity index is 0.000000173. The Hall–Kier alpha value is -3.53. The number of ether oxygens (including phenoxy) is 2. The second-order valence-corrected chi connectivity index (χ2v) is 7.04. The monoisotopic (exact) mass is 429 g/mol. The van der Waals surface area contributed by atoms with Crippen molar-refractivity contribution in [3.63, 3.8) is 0 Å². The molecule has 1 amide bonds. The smallest absolute Gasteiger partial charge is 0.257 e. The van der Waals surface area contributed by atoms with Crippen LogP contribution in [0.3, 0.4) is 0 Å². The second kappa shape index (κ2) is 9.79. The van der Waals surface area contributed by atoms with Crippen LogP contribution < -0.4 is 20.1 Å². The molecule has 0 atom stereocenters. The number of para-hydroxylation sites is 1. The lowest BCUT2D eigenvalue weighted by Gasteiger charge is -2.13. The predicted molar refractivity (Wildman–Crippen MR) is 115 cm³/mol. The Morgan fingerprint density at radius 3 is 2.73 bits per heavy atom. The van der Waals surface area contributed by atoms with E-state index in [0.717, 1.165) is 22.9 Å². The van der Waals surface area contributed by atoms with Crippen LogP contribution in [-0.2, 0) is 6.54 Å². The van der Waals surface area contributed by atoms with Crippen LogP contribution in [0, 0.1) is 0 Å². The zero-order chi connectivity index (χ0) is 21.5. The third-order valence-electron chi connectivity index (χ3n) is 4.21. The van der Waals surface area contributed by atoms with E-state index >= 15 is 0 Å². The number of benzene rings is 2. The van der Waals surface area contributed by atoms with Gasteiger partial charge >= 0.3 is 0 Å². The molecule has 1 aliphatic heterocycles. The summed E-state index contributed by atoms with van der Waals surface area (Å²) >= 11 is 1.19. The summed E-state index contributed by atoms with van der Waals surface area (Å²) in [5.41, 5.74) is 1.98. The number of nitrogens with zero attached hydrogens (tertiary/aromatic N) is 3. The van der Waals surface area contributed by atoms with Gasteiger partial charge in [0.15, 0.2) is 23.1 Å². The quantitative estimate of drug-likeness (QED) is 0.531. The Kier molecular flexibility index (Phi) is 6.91. The Bertz CT molecular complexity index is 995. The van der Waals surface area contributed by atoms with Crippen LogP contribution in [0.5, 0.6) is 17.2 Å². The zero-order valence-corrected chi connectivity index (χ0v) is 17.7. The number of phenols is 1. The number of amides is 1. The van der Waals surface area contributed by atoms with Gasteiger partial charge in [-0.15, -0.1) is 0 Å². The molecule has 0 fully saturated rings. The largest absolute Gasteiger partial charge is 0.505 e. The van der Waals surface area contributed by atoms with Gasteiger partial charge in [-0.3, -0.25) is 4.79 Å². The van der Waals surface area contributed by atoms with Crippen LogP contribution in [-0.4, -0.2) is 52.6 Å². The molecule has 0 unspecified atom stereocenters. The maximum atomic E-state index is 11.6. The van der Waals surface area contributed by atoms with Crippen LogP contribution in [0.15, 0.2) is 42.6 Å². The van der Waals surface area contributed by atoms with Crippen LogP contribution in [0.2, 0.25) is 0 Å². The number of fused-ring (bicyclic) bond motifs is 1. The van der Waals surface area contributed by atoms with Crippen molar-refractivity contribution < 1.29 is 19.4 Å². The number of phenolic OH excluding ortho intramolecular Hbond substituents is 1. The van der Waals surface area contributed by atoms with E-state index in [1.54, 1.807) is 45.5 Å². The fourth-order valence-corrected chi connectivity index (χ4v) is 3.04. The van der Waals surface area contributed by atoms with E-state index in [2.05, 4.69) is 19.4 Å². The van der Waals surface area contributed by atoms with Crippen molar-refractivity contribution in [2.45, 2.75) is 6.54 Å². The molecule has 0 saturated heterocycles. The van der Waals surface area contributed by atoms with Crippen LogP contribution in [0.4, 0.5) is 11.5 Å². The van der Waals surface area contributed by atoms with Crippen LogP contribution in [0.1, 0.15) is 15.9 Å². The number of hydrogen-bond acceptors (Lipinski definition) is 9. The molecule has 3 N–H and O–H groups in total. The summed E-state index contributed by atoms with van der Waals surface area (Å²) in [4.78, 5) is 13.0. The van der Waals surface area contributed by atoms with Gasteiger partial charge < -0.3 is 30.1 Å². The number of aromatic nitrogens is 2. The van der Waals surface area contributed by atoms with Gasteiger partial charge in [0.1, 0.15) is 0 Å². The molecule has 0 saturated carbocycles. The third-order valence-corrected chi connectivity index (χ3v) is 4.69. The number of hydrogen-bond donors (Lipinski definition) is 3. The first-order valence-electron chi connectivity index (χ1n) is 9.11. The van der Waals surface area contributed by atoms with Crippen molar-refractivity contribution >= 4 is 29.1 Å². The molecule has 158 valence electrons. The Labute approximate surface area is 178 Å². The average molecular weight is 430 g/mol. The number of aromatic hydroxyl groups is 1. The Morgan fingerprint density at radius 2 is 2.03 bits per heavy atom. The second-order valence-electron chi connectivity index (χ2n) is 6.49. The van der Waals surface area contributed by atoms with E-state index in [1.807, 2.05) is 18.2 Å². The minimum Gasteiger partial charge on any atom is -0.505 e. The lowest BCUT2D eigenvalue weighted by molar-refractivity contribution is 0.0824. The highest BCUT2D eigenvalue weighted by molar-refractivity contribution is 6.99. The lowest BCUT2D eigenvalue weighted by Crippen LogP contribution is -2.21. The van der Waals surface area contributed by atoms with E-state index in [9.17, 15) is 9.90 Å². The first-order chi connectivity index (χ1) is 14.5. The van der Waals surface area contributed by atoms with E-state index in [0.29, 0.717) is 24.6 Å². The van der Waals surface area contributed by atoms with E-state index in [4.69, 9.17) is 9.47 Å². The molecule has 0 spiro atoms. The molecular weight excluding hydrogens is 406 g/mol. The van der Waals surface area contributed by atoms with Crippen molar-refractivity contribution in [2.24, 2.45) is 0 Å². The zero-order valence-electron chi connectivity index (χ0n) is 16.9. The summed E-state index contributed by atoms with van der Waals surface area (Å²) in [5.74, 6) is 2.19. The summed E-state index contributed by atoms with van der Waals surface area (Å²) in [6.45, 7) is 1.00. The maximum Gasteiger partial charge on any atom is 0.257 e. The fraction of sp³-hybridized carbons (Fsp3) is 0.250. The minimum atomic E-state index is -0.209. The van der Waals surface area contributed by atoms with E-state index in [1.165, 1.54) is 16.6 Å². The van der Waals surface area contributed by atoms with E-state index < -0.39 is 0 Å². The number of rotatable bonds is 5. The van der Waals surface area contributed by atoms with Gasteiger partial charge in [-0.25, -0.2) is 0 Å². The van der Waals surface area contributed by atoms with Gasteiger partial charge in [0.25, 0.3) is 5.91 Å². The third kappa shape index (κ3) is 5.09. The summed E-state index contributed by atoms with van der Waals surface area (Å²) in [7, 11) is 4.99. The molecule has 30 heavy (non-hydrogen) atoms. The Morgan fingerprint density at radius 1 is 1.23 bits per heavy atom. The number of carbonyl (C=O) groups is 1. The molecule has 0 aliphatic carbocycles. The molecule has 2 aromatic carbocycles. The van der Waals surface area contributed by atoms with Gasteiger partial charge in [0, 0.05) is 27.7 Å². The highest BCUT2D eigenvalue weighted by Gasteiger charge is 2.15. The van der Waals surface area contributed by atoms with Crippen molar-refractivity contribution in [2.75, 3.05) is 38.6 Å². The molecule has 1 aromatic heterocycles. The summed E-state index contributed by atoms with van der Waals surface area (Å²) < 4.78 is 18.5. The van der Waals surface area contributed by atoms with Crippen molar-refractivity contribution in [1.82, 2.24) is 13.6 Å². The molecule has 4 rings (SSSR count). The molecule has 1 aliphatic rings. The van der Waals surface area contributed by atoms with Gasteiger partial charge in [-0.1, -0.05) is 12.1 Å². The number of carbonyl (C=O) groups excluding carboxylic acids is 1. The fourth-order valence-electron chi connectivity index (χ4n) is 2.64. The highest BCUT2D eigenvalue weighted by atomic mass is 32.1. The summed E-state index contributed by atoms with van der Waals surface area (Å²) in [6, 6.07) is 10.9. The lowest BCUT2D eigenvalue weighted by atomic mass is 10.1. The first-order valence-corrected chi connectivity index (χ1v) is 9.84. The molecule has 9 nitrogen and oxygen atoms in total. The van der Waals surface area contributed by atoms with Gasteiger partial charge in [-0.2, -0.15) is 8.75 Å². The molecule has 2 heterocycles. The standard InChI is InChI=1S/C10H9N3O2S.C10H14N2O2/c1-2-8-9(15-6-14-8)3-7(1)4-11-10-5-12-16-13-10;1-11-8-6-4-5-7(9(8)13)10(14)12(2)3/h1-3,5H,4,6H2,(H,11,13);4-6,11,13H,1-3H3. The van der Waals surface area contributed by atoms with Crippen LogP contribution >= 0.6 is 11.7 Å². The van der Waals surface area contributed by atoms with E-state index in [-0.39, 0.29) is 11.7 Å². The van der Waals surface area contributed by atoms with Crippen LogP contribution in [0.25, 0.3) is 0 Å². The summed E-state index contributed by atoms with van der Waals surface area (Å²) in [5, 5.41) is 15.7. The predicted octanol–water partition coefficient (Wildman–Crippen LogP) is 3.01. The number of nitrogens with one attached hydrogen (secondary N) is 2. The summed E-state index contributed by atoms with van der Waals surface area (Å²) in [6.07, 6.45) is 1.71. The van der Waals surface area contributed by atoms with Gasteiger partial charge in [-0.05, 0) is 29.8 Å². The minimum absolute atomic E-state index is 0.00583. The van der Waals surface area contributed by atoms with Crippen molar-refractivity contribution in [3.05, 3.63) is 53.7 Å². The van der Waals surface area contributed by atoms with Crippen molar-refractivity contribution in [3.8, 4) is 17.2 Å². The van der Waals surface area contributed by atoms with Crippen molar-refractivity contribution in [1.29, 1.82) is 0 Å². The highest BCUT2D eigenvalue weighted by Crippen LogP contribution is 2.32. The van der Waals surface area contributed by atoms with Gasteiger partial charge in [0.05, 0.1) is 29.2 Å². The normalized spacial score (nSPS) is 11.3. The average Bonchev–Trinajstić information content (AvgIpc) is 3.43. The first kappa shape index (κ1) is 21.2. The topological polar surface area (TPSA) is 109 Å². The molecule has 0 bridgehead atoms. The SMILES string of the molecule is CNc1cccc(C(=O)N(C)C)c1O.c1cc2c(cc1CNc1cnsn1)OCO2. The van der Waals surface area contributed by atoms with Gasteiger partial charge in [0.2, 0.25) is 6.79 Å². The number of anilines is 2. The molecule has 3 aromatic rings. The molecular formula is C20H23N5O4S. The molecule has 0 radical (unpaired) electrons. The molecule has 10 heteroatoms.